The Bertz CT molecular complexity index is 945. The van der Waals surface area contributed by atoms with E-state index in [9.17, 15) is 9.59 Å². The maximum atomic E-state index is 12.7. The summed E-state index contributed by atoms with van der Waals surface area (Å²) in [4.78, 5) is 33.7. The van der Waals surface area contributed by atoms with E-state index >= 15 is 0 Å². The summed E-state index contributed by atoms with van der Waals surface area (Å²) in [6.45, 7) is 14.1. The van der Waals surface area contributed by atoms with Crippen LogP contribution >= 0.6 is 8.30 Å². The van der Waals surface area contributed by atoms with Crippen molar-refractivity contribution in [3.63, 3.8) is 0 Å². The number of Topliss-reactive ketones (excluding diaryl/α,β-unsaturated/α-hetero) is 1. The summed E-state index contributed by atoms with van der Waals surface area (Å²) >= 11 is 0. The number of ether oxygens (including phenoxy) is 2. The third-order valence-corrected chi connectivity index (χ3v) is 8.00. The molecule has 2 aliphatic heterocycles. The molecule has 1 amide bonds. The Kier molecular flexibility index (Phi) is 8.15. The molecule has 0 spiro atoms. The van der Waals surface area contributed by atoms with Crippen molar-refractivity contribution < 1.29 is 25.0 Å². The molecule has 0 aromatic carbocycles. The van der Waals surface area contributed by atoms with Gasteiger partial charge in [-0.2, -0.15) is 0 Å². The van der Waals surface area contributed by atoms with Crippen molar-refractivity contribution in [1.29, 1.82) is 0 Å². The molecule has 1 aromatic heterocycles. The first-order valence-electron chi connectivity index (χ1n) is 12.3. The van der Waals surface area contributed by atoms with Gasteiger partial charge in [0, 0.05) is 26.5 Å². The van der Waals surface area contributed by atoms with Crippen LogP contribution in [-0.2, 0) is 18.8 Å². The maximum Gasteiger partial charge on any atom is 0.227 e. The lowest BCUT2D eigenvalue weighted by molar-refractivity contribution is -0.122. The van der Waals surface area contributed by atoms with E-state index in [4.69, 9.17) is 15.4 Å². The van der Waals surface area contributed by atoms with E-state index in [2.05, 4.69) is 54.3 Å². The van der Waals surface area contributed by atoms with Crippen LogP contribution in [0.25, 0.3) is 0 Å². The van der Waals surface area contributed by atoms with E-state index < -0.39 is 32.8 Å². The Labute approximate surface area is 204 Å². The van der Waals surface area contributed by atoms with E-state index in [0.29, 0.717) is 17.9 Å². The average Bonchev–Trinajstić information content (AvgIpc) is 3.34. The summed E-state index contributed by atoms with van der Waals surface area (Å²) in [5.74, 6) is -0.100. The summed E-state index contributed by atoms with van der Waals surface area (Å²) in [5.41, 5.74) is 0.223. The fourth-order valence-electron chi connectivity index (χ4n) is 4.40. The van der Waals surface area contributed by atoms with Crippen LogP contribution in [0.1, 0.15) is 73.0 Å². The van der Waals surface area contributed by atoms with Crippen LogP contribution in [0, 0.1) is 5.92 Å². The Balaban J connectivity index is 1.91. The van der Waals surface area contributed by atoms with Gasteiger partial charge in [0.15, 0.2) is 23.5 Å². The summed E-state index contributed by atoms with van der Waals surface area (Å²) in [6, 6.07) is 0.584. The van der Waals surface area contributed by atoms with Crippen LogP contribution in [0.4, 0.5) is 5.82 Å². The van der Waals surface area contributed by atoms with Gasteiger partial charge < -0.3 is 19.3 Å². The summed E-state index contributed by atoms with van der Waals surface area (Å²) < 4.78 is 30.6. The predicted molar refractivity (Wildman–Crippen MR) is 131 cm³/mol. The number of fused-ring (bicyclic) bond motifs is 1. The standard InChI is InChI=1S/C23H38N5O5P/c1-12(2)22(30)26-17-10-16(29)18-21(25-17)27(11-24-18)23-20(31-8)19(15(7)32-23)33-34(9)28(13(3)4)14(5)6/h11-15,19-20,23H,10H2,1-9H3,(H,25,26,30)/i7D. The van der Waals surface area contributed by atoms with Crippen molar-refractivity contribution in [3.05, 3.63) is 12.0 Å². The quantitative estimate of drug-likeness (QED) is 0.548. The SMILES string of the molecule is [2H]CC1OC(n2cnc3c2N=C(NC(=O)C(C)C)CC3=O)C(OC)C1OP(C)N(C(C)C)C(C)C. The second-order valence-corrected chi connectivity index (χ2v) is 11.1. The maximum absolute atomic E-state index is 12.7. The number of methoxy groups -OCH3 is 1. The van der Waals surface area contributed by atoms with Crippen molar-refractivity contribution in [2.45, 2.75) is 91.5 Å². The molecular formula is C23H38N5O5P. The van der Waals surface area contributed by atoms with Gasteiger partial charge in [-0.25, -0.2) is 9.98 Å². The topological polar surface area (TPSA) is 107 Å². The Morgan fingerprint density at radius 3 is 2.53 bits per heavy atom. The summed E-state index contributed by atoms with van der Waals surface area (Å²) in [5, 5.41) is 2.73. The van der Waals surface area contributed by atoms with Gasteiger partial charge in [-0.05, 0) is 41.3 Å². The van der Waals surface area contributed by atoms with Crippen LogP contribution < -0.4 is 5.32 Å². The number of nitrogens with zero attached hydrogens (tertiary/aromatic N) is 4. The minimum atomic E-state index is -0.979. The number of rotatable bonds is 8. The largest absolute Gasteiger partial charge is 0.374 e. The lowest BCUT2D eigenvalue weighted by Crippen LogP contribution is -2.38. The molecule has 0 saturated carbocycles. The number of amidine groups is 1. The first-order chi connectivity index (χ1) is 16.5. The highest BCUT2D eigenvalue weighted by atomic mass is 31.2. The number of hydrogen-bond donors (Lipinski definition) is 1. The van der Waals surface area contributed by atoms with E-state index in [-0.39, 0.29) is 42.5 Å². The van der Waals surface area contributed by atoms with E-state index in [1.807, 2.05) is 0 Å². The molecule has 5 unspecified atom stereocenters. The van der Waals surface area contributed by atoms with E-state index in [1.54, 1.807) is 25.5 Å². The number of carbonyl (C=O) groups excluding carboxylic acids is 2. The third kappa shape index (κ3) is 5.41. The molecule has 1 N–H and O–H groups in total. The summed E-state index contributed by atoms with van der Waals surface area (Å²) in [7, 11) is 0.600. The van der Waals surface area contributed by atoms with Gasteiger partial charge in [0.25, 0.3) is 0 Å². The molecule has 2 aliphatic rings. The molecule has 10 nitrogen and oxygen atoms in total. The van der Waals surface area contributed by atoms with Crippen LogP contribution in [0.15, 0.2) is 11.3 Å². The molecule has 11 heteroatoms. The number of hydrogen-bond acceptors (Lipinski definition) is 8. The predicted octanol–water partition coefficient (Wildman–Crippen LogP) is 3.65. The second kappa shape index (κ2) is 10.9. The molecule has 190 valence electrons. The number of aliphatic imine (C=N–C) groups is 1. The van der Waals surface area contributed by atoms with Gasteiger partial charge in [0.05, 0.1) is 18.9 Å². The fourth-order valence-corrected chi connectivity index (χ4v) is 6.42. The van der Waals surface area contributed by atoms with Gasteiger partial charge in [-0.1, -0.05) is 13.8 Å². The number of imidazole rings is 1. The third-order valence-electron chi connectivity index (χ3n) is 5.88. The lowest BCUT2D eigenvalue weighted by atomic mass is 10.1. The fraction of sp³-hybridized carbons (Fsp3) is 0.739. The van der Waals surface area contributed by atoms with E-state index in [1.165, 1.54) is 6.33 Å². The molecular weight excluding hydrogens is 457 g/mol. The number of aromatic nitrogens is 2. The molecule has 1 fully saturated rings. The molecule has 0 radical (unpaired) electrons. The van der Waals surface area contributed by atoms with Crippen LogP contribution in [0.2, 0.25) is 0 Å². The number of carbonyl (C=O) groups is 2. The van der Waals surface area contributed by atoms with Gasteiger partial charge in [-0.15, -0.1) is 0 Å². The Morgan fingerprint density at radius 1 is 1.29 bits per heavy atom. The van der Waals surface area contributed by atoms with Gasteiger partial charge >= 0.3 is 0 Å². The molecule has 34 heavy (non-hydrogen) atoms. The smallest absolute Gasteiger partial charge is 0.227 e. The molecule has 5 atom stereocenters. The van der Waals surface area contributed by atoms with Crippen molar-refractivity contribution in [2.24, 2.45) is 10.9 Å². The average molecular weight is 497 g/mol. The highest BCUT2D eigenvalue weighted by Gasteiger charge is 2.47. The zero-order valence-corrected chi connectivity index (χ0v) is 22.2. The molecule has 0 aliphatic carbocycles. The van der Waals surface area contributed by atoms with Crippen LogP contribution in [-0.4, -0.2) is 75.9 Å². The van der Waals surface area contributed by atoms with Gasteiger partial charge in [0.2, 0.25) is 5.91 Å². The minimum absolute atomic E-state index is 0.0116. The first-order valence-corrected chi connectivity index (χ1v) is 13.3. The van der Waals surface area contributed by atoms with Crippen LogP contribution in [0.3, 0.4) is 0 Å². The van der Waals surface area contributed by atoms with Crippen molar-refractivity contribution in [3.8, 4) is 0 Å². The minimum Gasteiger partial charge on any atom is -0.374 e. The first kappa shape index (κ1) is 25.4. The van der Waals surface area contributed by atoms with Gasteiger partial charge in [0.1, 0.15) is 26.3 Å². The number of nitrogens with one attached hydrogen (secondary N) is 1. The molecule has 3 rings (SSSR count). The highest BCUT2D eigenvalue weighted by Crippen LogP contribution is 2.47. The Hall–Kier alpha value is -1.71. The number of amides is 1. The second-order valence-electron chi connectivity index (χ2n) is 9.49. The van der Waals surface area contributed by atoms with Crippen molar-refractivity contribution in [2.75, 3.05) is 13.8 Å². The normalized spacial score (nSPS) is 26.3. The monoisotopic (exact) mass is 496 g/mol. The number of ketones is 1. The lowest BCUT2D eigenvalue weighted by Gasteiger charge is -2.37. The zero-order chi connectivity index (χ0) is 26.0. The van der Waals surface area contributed by atoms with Crippen molar-refractivity contribution >= 4 is 31.6 Å². The van der Waals surface area contributed by atoms with Gasteiger partial charge in [-0.3, -0.25) is 18.8 Å². The highest BCUT2D eigenvalue weighted by molar-refractivity contribution is 7.49. The molecule has 1 aromatic rings. The molecule has 3 heterocycles. The summed E-state index contributed by atoms with van der Waals surface area (Å²) in [6.07, 6.45) is -0.775. The molecule has 1 saturated heterocycles. The molecule has 0 bridgehead atoms. The van der Waals surface area contributed by atoms with E-state index in [0.717, 1.165) is 0 Å². The van der Waals surface area contributed by atoms with Crippen LogP contribution in [0.5, 0.6) is 0 Å². The van der Waals surface area contributed by atoms with Crippen molar-refractivity contribution in [1.82, 2.24) is 19.5 Å². The zero-order valence-electron chi connectivity index (χ0n) is 22.3. The Morgan fingerprint density at radius 2 is 1.97 bits per heavy atom.